The van der Waals surface area contributed by atoms with Crippen LogP contribution in [0.4, 0.5) is 0 Å². The van der Waals surface area contributed by atoms with Crippen molar-refractivity contribution in [3.8, 4) is 11.5 Å². The SMILES string of the molecule is COC(=O)c1c(O)cc2ccc(C)cc2c1O. The monoisotopic (exact) mass is 232 g/mol. The van der Waals surface area contributed by atoms with Crippen LogP contribution >= 0.6 is 0 Å². The molecule has 17 heavy (non-hydrogen) atoms. The number of aromatic hydroxyl groups is 2. The Bertz CT molecular complexity index is 602. The van der Waals surface area contributed by atoms with Gasteiger partial charge in [-0.05, 0) is 24.4 Å². The molecule has 0 saturated heterocycles. The molecule has 0 atom stereocenters. The third kappa shape index (κ3) is 1.78. The Labute approximate surface area is 98.1 Å². The lowest BCUT2D eigenvalue weighted by Gasteiger charge is -2.09. The Morgan fingerprint density at radius 1 is 1.24 bits per heavy atom. The number of phenols is 2. The van der Waals surface area contributed by atoms with E-state index in [0.29, 0.717) is 10.8 Å². The quantitative estimate of drug-likeness (QED) is 0.740. The van der Waals surface area contributed by atoms with Crippen molar-refractivity contribution in [2.45, 2.75) is 6.92 Å². The number of ether oxygens (including phenoxy) is 1. The molecule has 0 aliphatic carbocycles. The van der Waals surface area contributed by atoms with Crippen molar-refractivity contribution in [1.29, 1.82) is 0 Å². The number of esters is 1. The molecule has 0 aromatic heterocycles. The minimum absolute atomic E-state index is 0.203. The van der Waals surface area contributed by atoms with Gasteiger partial charge in [0.05, 0.1) is 7.11 Å². The summed E-state index contributed by atoms with van der Waals surface area (Å²) in [5, 5.41) is 20.9. The number of aryl methyl sites for hydroxylation is 1. The molecule has 0 saturated carbocycles. The fourth-order valence-electron chi connectivity index (χ4n) is 1.78. The Balaban J connectivity index is 2.82. The summed E-state index contributed by atoms with van der Waals surface area (Å²) in [4.78, 5) is 11.4. The smallest absolute Gasteiger partial charge is 0.345 e. The maximum absolute atomic E-state index is 11.4. The zero-order chi connectivity index (χ0) is 12.6. The van der Waals surface area contributed by atoms with Crippen LogP contribution in [0.3, 0.4) is 0 Å². The van der Waals surface area contributed by atoms with E-state index in [-0.39, 0.29) is 17.1 Å². The van der Waals surface area contributed by atoms with E-state index in [0.717, 1.165) is 5.56 Å². The Kier molecular flexibility index (Phi) is 2.63. The average Bonchev–Trinajstić information content (AvgIpc) is 2.30. The summed E-state index contributed by atoms with van der Waals surface area (Å²) in [6.45, 7) is 1.88. The lowest BCUT2D eigenvalue weighted by molar-refractivity contribution is 0.0594. The largest absolute Gasteiger partial charge is 0.507 e. The number of rotatable bonds is 1. The van der Waals surface area contributed by atoms with Crippen molar-refractivity contribution in [3.63, 3.8) is 0 Å². The molecule has 88 valence electrons. The van der Waals surface area contributed by atoms with Crippen molar-refractivity contribution in [2.75, 3.05) is 7.11 Å². The summed E-state index contributed by atoms with van der Waals surface area (Å²) in [7, 11) is 1.20. The minimum atomic E-state index is -0.761. The van der Waals surface area contributed by atoms with Crippen LogP contribution in [0.15, 0.2) is 24.3 Å². The van der Waals surface area contributed by atoms with Gasteiger partial charge >= 0.3 is 5.97 Å². The van der Waals surface area contributed by atoms with Crippen molar-refractivity contribution in [3.05, 3.63) is 35.4 Å². The number of methoxy groups -OCH3 is 1. The molecule has 0 heterocycles. The van der Waals surface area contributed by atoms with Gasteiger partial charge in [0.25, 0.3) is 0 Å². The van der Waals surface area contributed by atoms with E-state index in [2.05, 4.69) is 4.74 Å². The van der Waals surface area contributed by atoms with Crippen LogP contribution in [0.5, 0.6) is 11.5 Å². The number of hydrogen-bond donors (Lipinski definition) is 2. The minimum Gasteiger partial charge on any atom is -0.507 e. The van der Waals surface area contributed by atoms with Gasteiger partial charge in [0, 0.05) is 5.39 Å². The summed E-state index contributed by atoms with van der Waals surface area (Å²) >= 11 is 0. The number of fused-ring (bicyclic) bond motifs is 1. The molecule has 4 heteroatoms. The maximum Gasteiger partial charge on any atom is 0.345 e. The maximum atomic E-state index is 11.4. The van der Waals surface area contributed by atoms with Gasteiger partial charge in [0.15, 0.2) is 0 Å². The molecule has 0 unspecified atom stereocenters. The molecule has 4 nitrogen and oxygen atoms in total. The van der Waals surface area contributed by atoms with Crippen LogP contribution in [0.2, 0.25) is 0 Å². The van der Waals surface area contributed by atoms with Crippen molar-refractivity contribution >= 4 is 16.7 Å². The molecule has 2 rings (SSSR count). The second-order valence-electron chi connectivity index (χ2n) is 3.84. The van der Waals surface area contributed by atoms with Crippen molar-refractivity contribution in [2.24, 2.45) is 0 Å². The van der Waals surface area contributed by atoms with E-state index in [1.807, 2.05) is 13.0 Å². The summed E-state index contributed by atoms with van der Waals surface area (Å²) < 4.78 is 4.52. The van der Waals surface area contributed by atoms with Gasteiger partial charge < -0.3 is 14.9 Å². The van der Waals surface area contributed by atoms with Gasteiger partial charge in [-0.25, -0.2) is 4.79 Å². The predicted molar refractivity (Wildman–Crippen MR) is 63.4 cm³/mol. The first kappa shape index (κ1) is 11.3. The van der Waals surface area contributed by atoms with E-state index in [4.69, 9.17) is 0 Å². The molecule has 2 aromatic carbocycles. The summed E-state index contributed by atoms with van der Waals surface area (Å²) in [5.74, 6) is -1.30. The van der Waals surface area contributed by atoms with Crippen LogP contribution in [0.1, 0.15) is 15.9 Å². The molecule has 2 aromatic rings. The highest BCUT2D eigenvalue weighted by Crippen LogP contribution is 2.36. The number of benzene rings is 2. The Hall–Kier alpha value is -2.23. The van der Waals surface area contributed by atoms with E-state index in [1.165, 1.54) is 13.2 Å². The summed E-state index contributed by atoms with van der Waals surface area (Å²) in [6, 6.07) is 6.81. The first-order valence-corrected chi connectivity index (χ1v) is 5.08. The fourth-order valence-corrected chi connectivity index (χ4v) is 1.78. The standard InChI is InChI=1S/C13H12O4/c1-7-3-4-8-6-10(14)11(13(16)17-2)12(15)9(8)5-7/h3-6,14-15H,1-2H3. The highest BCUT2D eigenvalue weighted by Gasteiger charge is 2.19. The van der Waals surface area contributed by atoms with Crippen molar-refractivity contribution in [1.82, 2.24) is 0 Å². The molecule has 0 aliphatic heterocycles. The lowest BCUT2D eigenvalue weighted by Crippen LogP contribution is -2.02. The summed E-state index contributed by atoms with van der Waals surface area (Å²) in [6.07, 6.45) is 0. The third-order valence-electron chi connectivity index (χ3n) is 2.64. The van der Waals surface area contributed by atoms with Crippen LogP contribution < -0.4 is 0 Å². The average molecular weight is 232 g/mol. The Morgan fingerprint density at radius 3 is 2.59 bits per heavy atom. The molecular weight excluding hydrogens is 220 g/mol. The zero-order valence-corrected chi connectivity index (χ0v) is 9.52. The zero-order valence-electron chi connectivity index (χ0n) is 9.52. The van der Waals surface area contributed by atoms with Crippen LogP contribution in [0, 0.1) is 6.92 Å². The lowest BCUT2D eigenvalue weighted by atomic mass is 10.0. The van der Waals surface area contributed by atoms with E-state index in [1.54, 1.807) is 12.1 Å². The number of phenolic OH excluding ortho intramolecular Hbond substituents is 2. The number of carbonyl (C=O) groups is 1. The summed E-state index contributed by atoms with van der Waals surface area (Å²) in [5.41, 5.74) is 0.750. The van der Waals surface area contributed by atoms with Gasteiger partial charge in [0.2, 0.25) is 0 Å². The number of carbonyl (C=O) groups excluding carboxylic acids is 1. The predicted octanol–water partition coefficient (Wildman–Crippen LogP) is 2.35. The number of hydrogen-bond acceptors (Lipinski definition) is 4. The van der Waals surface area contributed by atoms with Gasteiger partial charge in [-0.2, -0.15) is 0 Å². The van der Waals surface area contributed by atoms with E-state index >= 15 is 0 Å². The van der Waals surface area contributed by atoms with E-state index in [9.17, 15) is 15.0 Å². The molecule has 0 amide bonds. The first-order valence-electron chi connectivity index (χ1n) is 5.08. The van der Waals surface area contributed by atoms with Crippen molar-refractivity contribution < 1.29 is 19.7 Å². The van der Waals surface area contributed by atoms with Gasteiger partial charge in [-0.15, -0.1) is 0 Å². The van der Waals surface area contributed by atoms with Crippen LogP contribution in [-0.2, 0) is 4.74 Å². The third-order valence-corrected chi connectivity index (χ3v) is 2.64. The molecule has 0 spiro atoms. The van der Waals surface area contributed by atoms with Gasteiger partial charge in [-0.3, -0.25) is 0 Å². The fraction of sp³-hybridized carbons (Fsp3) is 0.154. The highest BCUT2D eigenvalue weighted by atomic mass is 16.5. The van der Waals surface area contributed by atoms with Gasteiger partial charge in [-0.1, -0.05) is 17.7 Å². The molecule has 0 bridgehead atoms. The normalized spacial score (nSPS) is 10.5. The highest BCUT2D eigenvalue weighted by molar-refractivity contribution is 6.04. The Morgan fingerprint density at radius 2 is 1.94 bits per heavy atom. The van der Waals surface area contributed by atoms with E-state index < -0.39 is 5.97 Å². The molecule has 2 N–H and O–H groups in total. The second kappa shape index (κ2) is 3.97. The molecule has 0 radical (unpaired) electrons. The topological polar surface area (TPSA) is 66.8 Å². The second-order valence-corrected chi connectivity index (χ2v) is 3.84. The first-order chi connectivity index (χ1) is 8.04. The molecular formula is C13H12O4. The van der Waals surface area contributed by atoms with Crippen LogP contribution in [-0.4, -0.2) is 23.3 Å². The van der Waals surface area contributed by atoms with Gasteiger partial charge in [0.1, 0.15) is 17.1 Å². The van der Waals surface area contributed by atoms with Crippen LogP contribution in [0.25, 0.3) is 10.8 Å². The molecule has 0 aliphatic rings. The molecule has 0 fully saturated rings.